The normalized spacial score (nSPS) is 12.8. The molecule has 1 heterocycles. The zero-order valence-corrected chi connectivity index (χ0v) is 13.8. The van der Waals surface area contributed by atoms with E-state index in [2.05, 4.69) is 35.1 Å². The van der Waals surface area contributed by atoms with E-state index in [1.807, 2.05) is 11.4 Å². The average Bonchev–Trinajstić information content (AvgIpc) is 2.68. The third-order valence-electron chi connectivity index (χ3n) is 2.65. The van der Waals surface area contributed by atoms with Crippen molar-refractivity contribution in [2.45, 2.75) is 32.9 Å². The molecule has 1 aromatic rings. The van der Waals surface area contributed by atoms with Crippen molar-refractivity contribution >= 4 is 33.2 Å². The number of thiophene rings is 1. The Morgan fingerprint density at radius 3 is 2.61 bits per heavy atom. The molecule has 1 N–H and O–H groups in total. The minimum Gasteiger partial charge on any atom is -0.347 e. The van der Waals surface area contributed by atoms with Crippen LogP contribution in [0.25, 0.3) is 0 Å². The summed E-state index contributed by atoms with van der Waals surface area (Å²) in [6.07, 6.45) is 0.861. The summed E-state index contributed by atoms with van der Waals surface area (Å²) in [7, 11) is 3.61. The molecule has 0 fully saturated rings. The van der Waals surface area contributed by atoms with Gasteiger partial charge in [-0.15, -0.1) is 11.3 Å². The lowest BCUT2D eigenvalue weighted by atomic mass is 10.0. The van der Waals surface area contributed by atoms with E-state index in [0.717, 1.165) is 17.4 Å². The van der Waals surface area contributed by atoms with Gasteiger partial charge in [0, 0.05) is 30.0 Å². The molecule has 0 aliphatic heterocycles. The maximum absolute atomic E-state index is 12.1. The summed E-state index contributed by atoms with van der Waals surface area (Å²) < 4.78 is 1.11. The third kappa shape index (κ3) is 4.71. The summed E-state index contributed by atoms with van der Waals surface area (Å²) in [5.41, 5.74) is 0. The van der Waals surface area contributed by atoms with Gasteiger partial charge in [-0.1, -0.05) is 13.8 Å². The zero-order valence-electron chi connectivity index (χ0n) is 11.4. The second-order valence-corrected chi connectivity index (χ2v) is 6.84. The van der Waals surface area contributed by atoms with Crippen LogP contribution < -0.4 is 5.32 Å². The van der Waals surface area contributed by atoms with Gasteiger partial charge in [0.05, 0.1) is 6.04 Å². The van der Waals surface area contributed by atoms with Crippen molar-refractivity contribution in [3.05, 3.63) is 20.8 Å². The molecule has 1 unspecified atom stereocenters. The Kier molecular flexibility index (Phi) is 6.32. The predicted octanol–water partition coefficient (Wildman–Crippen LogP) is 3.10. The highest BCUT2D eigenvalue weighted by Crippen LogP contribution is 2.22. The van der Waals surface area contributed by atoms with Crippen LogP contribution in [-0.2, 0) is 11.3 Å². The van der Waals surface area contributed by atoms with Crippen molar-refractivity contribution in [1.29, 1.82) is 0 Å². The molecule has 0 saturated heterocycles. The first-order valence-corrected chi connectivity index (χ1v) is 7.75. The highest BCUT2D eigenvalue weighted by atomic mass is 79.9. The van der Waals surface area contributed by atoms with Crippen LogP contribution in [0.4, 0.5) is 0 Å². The smallest absolute Gasteiger partial charge is 0.239 e. The van der Waals surface area contributed by atoms with E-state index < -0.39 is 0 Å². The van der Waals surface area contributed by atoms with Gasteiger partial charge in [-0.05, 0) is 39.7 Å². The molecule has 3 nitrogen and oxygen atoms in total. The fourth-order valence-electron chi connectivity index (χ4n) is 1.72. The number of nitrogens with one attached hydrogen (secondary N) is 1. The molecule has 5 heteroatoms. The monoisotopic (exact) mass is 332 g/mol. The Labute approximate surface area is 122 Å². The molecule has 0 saturated carbocycles. The van der Waals surface area contributed by atoms with Crippen LogP contribution in [0.5, 0.6) is 0 Å². The van der Waals surface area contributed by atoms with Crippen LogP contribution >= 0.6 is 27.3 Å². The summed E-state index contributed by atoms with van der Waals surface area (Å²) >= 11 is 5.20. The molecule has 0 radical (unpaired) electrons. The lowest BCUT2D eigenvalue weighted by Gasteiger charge is -2.23. The largest absolute Gasteiger partial charge is 0.347 e. The van der Waals surface area contributed by atoms with Crippen molar-refractivity contribution in [2.24, 2.45) is 5.92 Å². The van der Waals surface area contributed by atoms with Gasteiger partial charge in [0.2, 0.25) is 5.91 Å². The van der Waals surface area contributed by atoms with Crippen LogP contribution in [0.3, 0.4) is 0 Å². The SMILES string of the molecule is CC(C)CC(NCc1sccc1Br)C(=O)N(C)C. The maximum atomic E-state index is 12.1. The molecule has 1 amide bonds. The lowest BCUT2D eigenvalue weighted by molar-refractivity contribution is -0.131. The molecular formula is C13H21BrN2OS. The van der Waals surface area contributed by atoms with Crippen molar-refractivity contribution in [2.75, 3.05) is 14.1 Å². The van der Waals surface area contributed by atoms with E-state index in [9.17, 15) is 4.79 Å². The number of halogens is 1. The van der Waals surface area contributed by atoms with Gasteiger partial charge in [0.1, 0.15) is 0 Å². The number of carbonyl (C=O) groups excluding carboxylic acids is 1. The van der Waals surface area contributed by atoms with Gasteiger partial charge in [-0.2, -0.15) is 0 Å². The zero-order chi connectivity index (χ0) is 13.7. The first-order chi connectivity index (χ1) is 8.41. The molecule has 1 atom stereocenters. The Morgan fingerprint density at radius 2 is 2.17 bits per heavy atom. The van der Waals surface area contributed by atoms with Crippen LogP contribution in [0.1, 0.15) is 25.1 Å². The third-order valence-corrected chi connectivity index (χ3v) is 4.57. The Morgan fingerprint density at radius 1 is 1.50 bits per heavy atom. The van der Waals surface area contributed by atoms with Gasteiger partial charge in [-0.3, -0.25) is 4.79 Å². The Hall–Kier alpha value is -0.390. The number of carbonyl (C=O) groups is 1. The summed E-state index contributed by atoms with van der Waals surface area (Å²) in [6.45, 7) is 5.01. The van der Waals surface area contributed by atoms with Crippen molar-refractivity contribution in [1.82, 2.24) is 10.2 Å². The minimum absolute atomic E-state index is 0.103. The summed E-state index contributed by atoms with van der Waals surface area (Å²) in [4.78, 5) is 15.0. The van der Waals surface area contributed by atoms with E-state index >= 15 is 0 Å². The fourth-order valence-corrected chi connectivity index (χ4v) is 3.17. The quantitative estimate of drug-likeness (QED) is 0.868. The standard InChI is InChI=1S/C13H21BrN2OS/c1-9(2)7-11(13(17)16(3)4)15-8-12-10(14)5-6-18-12/h5-6,9,11,15H,7-8H2,1-4H3. The first-order valence-electron chi connectivity index (χ1n) is 6.08. The van der Waals surface area contributed by atoms with Gasteiger partial charge >= 0.3 is 0 Å². The highest BCUT2D eigenvalue weighted by molar-refractivity contribution is 9.10. The molecule has 18 heavy (non-hydrogen) atoms. The molecule has 0 aromatic carbocycles. The number of likely N-dealkylation sites (N-methyl/N-ethyl adjacent to an activating group) is 1. The van der Waals surface area contributed by atoms with Crippen LogP contribution in [0.15, 0.2) is 15.9 Å². The van der Waals surface area contributed by atoms with Gasteiger partial charge < -0.3 is 10.2 Å². The molecule has 102 valence electrons. The van der Waals surface area contributed by atoms with Crippen LogP contribution in [0.2, 0.25) is 0 Å². The number of hydrogen-bond acceptors (Lipinski definition) is 3. The van der Waals surface area contributed by atoms with Crippen LogP contribution in [0, 0.1) is 5.92 Å². The first kappa shape index (κ1) is 15.7. The molecule has 1 aromatic heterocycles. The maximum Gasteiger partial charge on any atom is 0.239 e. The van der Waals surface area contributed by atoms with Gasteiger partial charge in [0.15, 0.2) is 0 Å². The number of nitrogens with zero attached hydrogens (tertiary/aromatic N) is 1. The molecule has 1 rings (SSSR count). The predicted molar refractivity (Wildman–Crippen MR) is 80.8 cm³/mol. The summed E-state index contributed by atoms with van der Waals surface area (Å²) in [6, 6.07) is 1.93. The van der Waals surface area contributed by atoms with Crippen molar-refractivity contribution in [3.8, 4) is 0 Å². The number of rotatable bonds is 6. The highest BCUT2D eigenvalue weighted by Gasteiger charge is 2.21. The van der Waals surface area contributed by atoms with E-state index in [1.54, 1.807) is 30.3 Å². The molecular weight excluding hydrogens is 312 g/mol. The van der Waals surface area contributed by atoms with Crippen LogP contribution in [-0.4, -0.2) is 30.9 Å². The minimum atomic E-state index is -0.103. The summed E-state index contributed by atoms with van der Waals surface area (Å²) in [5.74, 6) is 0.648. The van der Waals surface area contributed by atoms with Gasteiger partial charge in [-0.25, -0.2) is 0 Å². The van der Waals surface area contributed by atoms with E-state index in [0.29, 0.717) is 5.92 Å². The van der Waals surface area contributed by atoms with E-state index in [1.165, 1.54) is 4.88 Å². The number of hydrogen-bond donors (Lipinski definition) is 1. The second kappa shape index (κ2) is 7.26. The topological polar surface area (TPSA) is 32.3 Å². The van der Waals surface area contributed by atoms with Gasteiger partial charge in [0.25, 0.3) is 0 Å². The fraction of sp³-hybridized carbons (Fsp3) is 0.615. The van der Waals surface area contributed by atoms with Crippen molar-refractivity contribution in [3.63, 3.8) is 0 Å². The average molecular weight is 333 g/mol. The molecule has 0 aliphatic rings. The van der Waals surface area contributed by atoms with E-state index in [-0.39, 0.29) is 11.9 Å². The second-order valence-electron chi connectivity index (χ2n) is 4.99. The lowest BCUT2D eigenvalue weighted by Crippen LogP contribution is -2.44. The Balaban J connectivity index is 2.61. The van der Waals surface area contributed by atoms with E-state index in [4.69, 9.17) is 0 Å². The Bertz CT molecular complexity index is 390. The molecule has 0 bridgehead atoms. The molecule has 0 aliphatic carbocycles. The molecule has 0 spiro atoms. The van der Waals surface area contributed by atoms with Crippen molar-refractivity contribution < 1.29 is 4.79 Å². The number of amides is 1. The summed E-state index contributed by atoms with van der Waals surface area (Å²) in [5, 5.41) is 5.41.